The van der Waals surface area contributed by atoms with Gasteiger partial charge in [0.1, 0.15) is 5.78 Å². The van der Waals surface area contributed by atoms with Crippen molar-refractivity contribution >= 4 is 17.3 Å². The van der Waals surface area contributed by atoms with Crippen molar-refractivity contribution in [3.8, 4) is 0 Å². The average Bonchev–Trinajstić information content (AvgIpc) is 3.34. The fourth-order valence-corrected chi connectivity index (χ4v) is 5.66. The maximum absolute atomic E-state index is 14.4. The summed E-state index contributed by atoms with van der Waals surface area (Å²) in [6.07, 6.45) is 0.353. The lowest BCUT2D eigenvalue weighted by molar-refractivity contribution is -0.120. The molecule has 1 aromatic heterocycles. The molecule has 3 unspecified atom stereocenters. The molecule has 0 bridgehead atoms. The number of ketones is 1. The zero-order valence-corrected chi connectivity index (χ0v) is 21.3. The third-order valence-electron chi connectivity index (χ3n) is 7.29. The molecule has 6 rings (SSSR count). The lowest BCUT2D eigenvalue weighted by Crippen LogP contribution is -2.39. The molecule has 0 saturated heterocycles. The Hall–Kier alpha value is -4.57. The summed E-state index contributed by atoms with van der Waals surface area (Å²) < 4.78 is 2.02. The van der Waals surface area contributed by atoms with Gasteiger partial charge in [-0.05, 0) is 29.2 Å². The number of aromatic nitrogens is 2. The average molecular weight is 496 g/mol. The van der Waals surface area contributed by atoms with Crippen molar-refractivity contribution in [2.45, 2.75) is 25.3 Å². The smallest absolute Gasteiger partial charge is 0.151 e. The van der Waals surface area contributed by atoms with Crippen LogP contribution in [0.25, 0.3) is 0 Å². The number of hydrogen-bond acceptors (Lipinski definition) is 3. The molecule has 0 fully saturated rings. The molecule has 5 aromatic rings. The maximum Gasteiger partial charge on any atom is 0.151 e. The summed E-state index contributed by atoms with van der Waals surface area (Å²) in [5, 5.41) is 4.91. The highest BCUT2D eigenvalue weighted by atomic mass is 16.1. The molecule has 0 saturated carbocycles. The summed E-state index contributed by atoms with van der Waals surface area (Å²) in [5.74, 6) is 0.307. The molecule has 186 valence electrons. The second-order valence-electron chi connectivity index (χ2n) is 9.85. The Morgan fingerprint density at radius 2 is 1.37 bits per heavy atom. The van der Waals surface area contributed by atoms with Crippen LogP contribution in [0.1, 0.15) is 39.9 Å². The summed E-state index contributed by atoms with van der Waals surface area (Å²) in [6, 6.07) is 42.7. The largest absolute Gasteiger partial charge is 0.299 e. The number of benzene rings is 4. The minimum absolute atomic E-state index is 0.171. The van der Waals surface area contributed by atoms with Crippen molar-refractivity contribution in [2.24, 2.45) is 10.9 Å². The zero-order valence-electron chi connectivity index (χ0n) is 21.3. The van der Waals surface area contributed by atoms with Gasteiger partial charge in [-0.3, -0.25) is 4.79 Å². The van der Waals surface area contributed by atoms with Crippen molar-refractivity contribution < 1.29 is 4.79 Å². The van der Waals surface area contributed by atoms with Gasteiger partial charge in [0.05, 0.1) is 23.4 Å². The summed E-state index contributed by atoms with van der Waals surface area (Å²) in [6.45, 7) is 2.00. The van der Waals surface area contributed by atoms with Crippen LogP contribution in [-0.2, 0) is 11.2 Å². The van der Waals surface area contributed by atoms with Crippen molar-refractivity contribution in [3.63, 3.8) is 0 Å². The molecule has 4 heteroatoms. The highest BCUT2D eigenvalue weighted by Gasteiger charge is 2.44. The van der Waals surface area contributed by atoms with E-state index >= 15 is 0 Å². The van der Waals surface area contributed by atoms with E-state index in [0.717, 1.165) is 39.5 Å². The van der Waals surface area contributed by atoms with Crippen molar-refractivity contribution in [1.29, 1.82) is 0 Å². The Bertz CT molecular complexity index is 1560. The molecule has 0 N–H and O–H groups in total. The topological polar surface area (TPSA) is 47.2 Å². The van der Waals surface area contributed by atoms with Gasteiger partial charge in [-0.2, -0.15) is 5.10 Å². The molecule has 0 radical (unpaired) electrons. The highest BCUT2D eigenvalue weighted by Crippen LogP contribution is 2.45. The summed E-state index contributed by atoms with van der Waals surface area (Å²) in [5.41, 5.74) is 5.97. The van der Waals surface area contributed by atoms with Crippen molar-refractivity contribution in [2.75, 3.05) is 0 Å². The van der Waals surface area contributed by atoms with Gasteiger partial charge in [0, 0.05) is 18.4 Å². The van der Waals surface area contributed by atoms with E-state index in [1.54, 1.807) is 0 Å². The predicted octanol–water partition coefficient (Wildman–Crippen LogP) is 7.13. The predicted molar refractivity (Wildman–Crippen MR) is 152 cm³/mol. The van der Waals surface area contributed by atoms with E-state index in [9.17, 15) is 4.79 Å². The highest BCUT2D eigenvalue weighted by molar-refractivity contribution is 6.08. The zero-order chi connectivity index (χ0) is 25.9. The monoisotopic (exact) mass is 495 g/mol. The molecule has 38 heavy (non-hydrogen) atoms. The third kappa shape index (κ3) is 4.61. The molecule has 0 spiro atoms. The van der Waals surface area contributed by atoms with Crippen LogP contribution in [0.2, 0.25) is 0 Å². The molecule has 1 aliphatic heterocycles. The van der Waals surface area contributed by atoms with E-state index in [1.165, 1.54) is 0 Å². The second kappa shape index (κ2) is 10.4. The lowest BCUT2D eigenvalue weighted by atomic mass is 9.71. The van der Waals surface area contributed by atoms with Gasteiger partial charge >= 0.3 is 0 Å². The van der Waals surface area contributed by atoms with Crippen molar-refractivity contribution in [1.82, 2.24) is 9.78 Å². The summed E-state index contributed by atoms with van der Waals surface area (Å²) in [4.78, 5) is 19.6. The maximum atomic E-state index is 14.4. The van der Waals surface area contributed by atoms with E-state index < -0.39 is 5.92 Å². The first-order valence-electron chi connectivity index (χ1n) is 13.1. The number of fused-ring (bicyclic) bond motifs is 1. The van der Waals surface area contributed by atoms with E-state index in [1.807, 2.05) is 90.5 Å². The van der Waals surface area contributed by atoms with Crippen molar-refractivity contribution in [3.05, 3.63) is 155 Å². The summed E-state index contributed by atoms with van der Waals surface area (Å²) in [7, 11) is 0. The molecular weight excluding hydrogens is 466 g/mol. The Kier molecular flexibility index (Phi) is 6.53. The molecule has 4 aromatic carbocycles. The Balaban J connectivity index is 1.59. The Morgan fingerprint density at radius 1 is 0.789 bits per heavy atom. The molecule has 3 atom stereocenters. The van der Waals surface area contributed by atoms with Gasteiger partial charge in [0.15, 0.2) is 5.82 Å². The number of carbonyl (C=O) groups is 1. The molecule has 1 aliphatic rings. The van der Waals surface area contributed by atoms with Crippen LogP contribution in [0, 0.1) is 12.8 Å². The number of rotatable bonds is 7. The lowest BCUT2D eigenvalue weighted by Gasteiger charge is -2.38. The van der Waals surface area contributed by atoms with Crippen LogP contribution in [0.5, 0.6) is 0 Å². The third-order valence-corrected chi connectivity index (χ3v) is 7.29. The standard InChI is InChI=1S/C34H29N3O/c1-24-22-30-35-33(27-18-10-4-11-19-27)32(34(37(30)36-24)28-20-12-5-13-21-28)31(26-16-8-3-9-17-26)29(38)23-25-14-6-2-7-15-25/h2-22,31-32,34H,23H2,1H3. The van der Waals surface area contributed by atoms with Gasteiger partial charge in [-0.25, -0.2) is 9.67 Å². The van der Waals surface area contributed by atoms with Crippen LogP contribution < -0.4 is 0 Å². The fraction of sp³-hybridized carbons (Fsp3) is 0.147. The normalized spacial score (nSPS) is 17.3. The minimum atomic E-state index is -0.418. The first kappa shape index (κ1) is 23.8. The van der Waals surface area contributed by atoms with E-state index in [2.05, 4.69) is 48.5 Å². The van der Waals surface area contributed by atoms with Gasteiger partial charge in [0.2, 0.25) is 0 Å². The molecular formula is C34H29N3O. The first-order chi connectivity index (χ1) is 18.7. The fourth-order valence-electron chi connectivity index (χ4n) is 5.66. The van der Waals surface area contributed by atoms with Crippen LogP contribution >= 0.6 is 0 Å². The van der Waals surface area contributed by atoms with E-state index in [-0.39, 0.29) is 17.7 Å². The van der Waals surface area contributed by atoms with Crippen LogP contribution in [0.3, 0.4) is 0 Å². The molecule has 2 heterocycles. The number of aliphatic imine (C=N–C) groups is 1. The number of carbonyl (C=O) groups excluding carboxylic acids is 1. The number of nitrogens with zero attached hydrogens (tertiary/aromatic N) is 3. The number of Topliss-reactive ketones (excluding diaryl/α,β-unsaturated/α-hetero) is 1. The van der Waals surface area contributed by atoms with Crippen LogP contribution in [-0.4, -0.2) is 21.3 Å². The minimum Gasteiger partial charge on any atom is -0.299 e. The molecule has 0 amide bonds. The van der Waals surface area contributed by atoms with Gasteiger partial charge in [0.25, 0.3) is 0 Å². The Labute approximate surface area is 223 Å². The summed E-state index contributed by atoms with van der Waals surface area (Å²) >= 11 is 0. The number of aryl methyl sites for hydroxylation is 1. The number of hydrogen-bond donors (Lipinski definition) is 0. The van der Waals surface area contributed by atoms with Gasteiger partial charge in [-0.15, -0.1) is 0 Å². The van der Waals surface area contributed by atoms with E-state index in [0.29, 0.717) is 6.42 Å². The van der Waals surface area contributed by atoms with Crippen LogP contribution in [0.15, 0.2) is 132 Å². The first-order valence-corrected chi connectivity index (χ1v) is 13.1. The van der Waals surface area contributed by atoms with Crippen LogP contribution in [0.4, 0.5) is 5.82 Å². The molecule has 4 nitrogen and oxygen atoms in total. The second-order valence-corrected chi connectivity index (χ2v) is 9.85. The van der Waals surface area contributed by atoms with Gasteiger partial charge in [-0.1, -0.05) is 121 Å². The molecule has 0 aliphatic carbocycles. The van der Waals surface area contributed by atoms with Gasteiger partial charge < -0.3 is 0 Å². The quantitative estimate of drug-likeness (QED) is 0.241. The SMILES string of the molecule is Cc1cc2n(n1)C(c1ccccc1)C(C(C(=O)Cc1ccccc1)c1ccccc1)C(c1ccccc1)=N2. The Morgan fingerprint density at radius 3 is 2.03 bits per heavy atom. The van der Waals surface area contributed by atoms with E-state index in [4.69, 9.17) is 10.1 Å².